The van der Waals surface area contributed by atoms with Gasteiger partial charge >= 0.3 is 0 Å². The summed E-state index contributed by atoms with van der Waals surface area (Å²) >= 11 is 0. The standard InChI is InChI=1S/C17H22N2O3S/c1-18-23(21,22)16-8-10-19(11-9-16)17(20)15-7-6-13-4-2-3-5-14(13)12-15/h2,4,6-7,12,16,18H,3,5,8-11H2,1H3. The summed E-state index contributed by atoms with van der Waals surface area (Å²) in [6.07, 6.45) is 7.20. The first-order valence-electron chi connectivity index (χ1n) is 8.02. The normalized spacial score (nSPS) is 18.7. The molecule has 1 aromatic rings. The predicted octanol–water partition coefficient (Wildman–Crippen LogP) is 1.80. The van der Waals surface area contributed by atoms with Crippen molar-refractivity contribution in [2.45, 2.75) is 30.9 Å². The highest BCUT2D eigenvalue weighted by Gasteiger charge is 2.31. The average Bonchev–Trinajstić information content (AvgIpc) is 2.60. The molecule has 1 aliphatic heterocycles. The number of hydrogen-bond acceptors (Lipinski definition) is 3. The minimum Gasteiger partial charge on any atom is -0.339 e. The Kier molecular flexibility index (Phi) is 4.55. The Bertz CT molecular complexity index is 732. The summed E-state index contributed by atoms with van der Waals surface area (Å²) in [7, 11) is -1.80. The highest BCUT2D eigenvalue weighted by molar-refractivity contribution is 7.90. The highest BCUT2D eigenvalue weighted by Crippen LogP contribution is 2.23. The van der Waals surface area contributed by atoms with Gasteiger partial charge in [0.15, 0.2) is 0 Å². The lowest BCUT2D eigenvalue weighted by Gasteiger charge is -2.31. The molecule has 3 rings (SSSR count). The number of carbonyl (C=O) groups excluding carboxylic acids is 1. The van der Waals surface area contributed by atoms with Gasteiger partial charge in [-0.2, -0.15) is 0 Å². The lowest BCUT2D eigenvalue weighted by molar-refractivity contribution is 0.0725. The monoisotopic (exact) mass is 334 g/mol. The van der Waals surface area contributed by atoms with E-state index in [1.807, 2.05) is 18.2 Å². The largest absolute Gasteiger partial charge is 0.339 e. The number of sulfonamides is 1. The zero-order chi connectivity index (χ0) is 16.4. The Morgan fingerprint density at radius 1 is 1.26 bits per heavy atom. The topological polar surface area (TPSA) is 66.5 Å². The third kappa shape index (κ3) is 3.33. The van der Waals surface area contributed by atoms with Gasteiger partial charge in [0, 0.05) is 18.7 Å². The average molecular weight is 334 g/mol. The number of aryl methyl sites for hydroxylation is 1. The first-order chi connectivity index (χ1) is 11.0. The molecule has 1 saturated heterocycles. The van der Waals surface area contributed by atoms with Crippen molar-refractivity contribution in [2.24, 2.45) is 0 Å². The second-order valence-corrected chi connectivity index (χ2v) is 8.26. The molecule has 1 fully saturated rings. The molecule has 1 aromatic carbocycles. The van der Waals surface area contributed by atoms with Crippen molar-refractivity contribution in [2.75, 3.05) is 20.1 Å². The van der Waals surface area contributed by atoms with Gasteiger partial charge in [0.1, 0.15) is 0 Å². The molecule has 124 valence electrons. The minimum atomic E-state index is -3.24. The SMILES string of the molecule is CNS(=O)(=O)C1CCN(C(=O)c2ccc3c(c2)CCC=C3)CC1. The van der Waals surface area contributed by atoms with Crippen LogP contribution in [0.2, 0.25) is 0 Å². The quantitative estimate of drug-likeness (QED) is 0.916. The molecule has 0 spiro atoms. The van der Waals surface area contributed by atoms with E-state index in [9.17, 15) is 13.2 Å². The smallest absolute Gasteiger partial charge is 0.253 e. The Balaban J connectivity index is 1.69. The summed E-state index contributed by atoms with van der Waals surface area (Å²) in [5, 5.41) is -0.398. The van der Waals surface area contributed by atoms with E-state index in [0.29, 0.717) is 31.5 Å². The van der Waals surface area contributed by atoms with Crippen molar-refractivity contribution in [1.29, 1.82) is 0 Å². The Morgan fingerprint density at radius 2 is 2.00 bits per heavy atom. The maximum Gasteiger partial charge on any atom is 0.253 e. The number of carbonyl (C=O) groups is 1. The van der Waals surface area contributed by atoms with Crippen molar-refractivity contribution in [3.8, 4) is 0 Å². The van der Waals surface area contributed by atoms with Crippen molar-refractivity contribution in [3.05, 3.63) is 41.0 Å². The number of benzene rings is 1. The highest BCUT2D eigenvalue weighted by atomic mass is 32.2. The van der Waals surface area contributed by atoms with Crippen LogP contribution in [0.5, 0.6) is 0 Å². The second kappa shape index (κ2) is 6.45. The number of nitrogens with one attached hydrogen (secondary N) is 1. The summed E-state index contributed by atoms with van der Waals surface area (Å²) in [4.78, 5) is 14.4. The van der Waals surface area contributed by atoms with Crippen LogP contribution >= 0.6 is 0 Å². The number of hydrogen-bond donors (Lipinski definition) is 1. The molecular formula is C17H22N2O3S. The second-order valence-electron chi connectivity index (χ2n) is 6.10. The van der Waals surface area contributed by atoms with Crippen LogP contribution in [0.25, 0.3) is 6.08 Å². The first-order valence-corrected chi connectivity index (χ1v) is 9.57. The molecule has 23 heavy (non-hydrogen) atoms. The molecule has 1 amide bonds. The molecule has 1 N–H and O–H groups in total. The van der Waals surface area contributed by atoms with Crippen molar-refractivity contribution in [3.63, 3.8) is 0 Å². The number of nitrogens with zero attached hydrogens (tertiary/aromatic N) is 1. The molecule has 0 aromatic heterocycles. The van der Waals surface area contributed by atoms with Gasteiger partial charge in [-0.15, -0.1) is 0 Å². The fraction of sp³-hybridized carbons (Fsp3) is 0.471. The van der Waals surface area contributed by atoms with Crippen molar-refractivity contribution >= 4 is 22.0 Å². The predicted molar refractivity (Wildman–Crippen MR) is 90.7 cm³/mol. The Morgan fingerprint density at radius 3 is 2.70 bits per heavy atom. The molecule has 5 nitrogen and oxygen atoms in total. The van der Waals surface area contributed by atoms with Crippen LogP contribution in [0.15, 0.2) is 24.3 Å². The Hall–Kier alpha value is -1.66. The molecule has 0 unspecified atom stereocenters. The van der Waals surface area contributed by atoms with Crippen LogP contribution in [0.4, 0.5) is 0 Å². The number of amides is 1. The maximum atomic E-state index is 12.7. The molecule has 0 saturated carbocycles. The first kappa shape index (κ1) is 16.2. The number of piperidine rings is 1. The van der Waals surface area contributed by atoms with Gasteiger partial charge < -0.3 is 4.90 Å². The van der Waals surface area contributed by atoms with Crippen LogP contribution in [0.3, 0.4) is 0 Å². The zero-order valence-corrected chi connectivity index (χ0v) is 14.1. The van der Waals surface area contributed by atoms with Gasteiger partial charge in [-0.25, -0.2) is 13.1 Å². The molecular weight excluding hydrogens is 312 g/mol. The fourth-order valence-electron chi connectivity index (χ4n) is 3.29. The van der Waals surface area contributed by atoms with Crippen molar-refractivity contribution in [1.82, 2.24) is 9.62 Å². The number of fused-ring (bicyclic) bond motifs is 1. The Labute approximate surface area is 137 Å². The van der Waals surface area contributed by atoms with Crippen molar-refractivity contribution < 1.29 is 13.2 Å². The lowest BCUT2D eigenvalue weighted by Crippen LogP contribution is -2.44. The van der Waals surface area contributed by atoms with Gasteiger partial charge in [-0.05, 0) is 56.0 Å². The number of likely N-dealkylation sites (tertiary alicyclic amines) is 1. The maximum absolute atomic E-state index is 12.7. The summed E-state index contributed by atoms with van der Waals surface area (Å²) in [5.74, 6) is 0.00246. The van der Waals surface area contributed by atoms with Crippen LogP contribution in [0.1, 0.15) is 40.7 Å². The molecule has 0 bridgehead atoms. The molecule has 0 atom stereocenters. The molecule has 0 radical (unpaired) electrons. The molecule has 2 aliphatic rings. The third-order valence-electron chi connectivity index (χ3n) is 4.72. The van der Waals surface area contributed by atoms with E-state index in [0.717, 1.165) is 12.8 Å². The van der Waals surface area contributed by atoms with E-state index in [1.165, 1.54) is 18.2 Å². The fourth-order valence-corrected chi connectivity index (χ4v) is 4.45. The minimum absolute atomic E-state index is 0.00246. The van der Waals surface area contributed by atoms with Gasteiger partial charge in [0.25, 0.3) is 5.91 Å². The van der Waals surface area contributed by atoms with E-state index in [1.54, 1.807) is 4.90 Å². The summed E-state index contributed by atoms with van der Waals surface area (Å²) in [5.41, 5.74) is 3.10. The summed E-state index contributed by atoms with van der Waals surface area (Å²) in [6.45, 7) is 0.975. The van der Waals surface area contributed by atoms with Gasteiger partial charge in [0.2, 0.25) is 10.0 Å². The molecule has 1 aliphatic carbocycles. The van der Waals surface area contributed by atoms with Gasteiger partial charge in [0.05, 0.1) is 5.25 Å². The summed E-state index contributed by atoms with van der Waals surface area (Å²) in [6, 6.07) is 5.85. The van der Waals surface area contributed by atoms with Gasteiger partial charge in [-0.3, -0.25) is 4.79 Å². The third-order valence-corrected chi connectivity index (χ3v) is 6.64. The van der Waals surface area contributed by atoms with E-state index >= 15 is 0 Å². The molecule has 6 heteroatoms. The van der Waals surface area contributed by atoms with Crippen LogP contribution in [-0.4, -0.2) is 44.6 Å². The van der Waals surface area contributed by atoms with E-state index in [4.69, 9.17) is 0 Å². The number of rotatable bonds is 3. The van der Waals surface area contributed by atoms with Gasteiger partial charge in [-0.1, -0.05) is 18.2 Å². The summed E-state index contributed by atoms with van der Waals surface area (Å²) < 4.78 is 26.1. The van der Waals surface area contributed by atoms with Crippen LogP contribution < -0.4 is 4.72 Å². The zero-order valence-electron chi connectivity index (χ0n) is 13.3. The number of allylic oxidation sites excluding steroid dienone is 1. The lowest BCUT2D eigenvalue weighted by atomic mass is 9.95. The van der Waals surface area contributed by atoms with Crippen LogP contribution in [0, 0.1) is 0 Å². The van der Waals surface area contributed by atoms with E-state index in [2.05, 4.69) is 16.9 Å². The van der Waals surface area contributed by atoms with Crippen LogP contribution in [-0.2, 0) is 16.4 Å². The van der Waals surface area contributed by atoms with E-state index < -0.39 is 15.3 Å². The van der Waals surface area contributed by atoms with E-state index in [-0.39, 0.29) is 5.91 Å². The molecule has 1 heterocycles.